The van der Waals surface area contributed by atoms with E-state index in [0.29, 0.717) is 42.8 Å². The van der Waals surface area contributed by atoms with E-state index in [0.717, 1.165) is 32.1 Å². The first-order valence-electron chi connectivity index (χ1n) is 9.60. The standard InChI is InChI=1S/C19H32N2O5/c1-19(2)11-13(12-19)15(22)9-10-21-14(17(25)20-18(21)26)7-5-3-4-6-8-16(23)24/h13,15,22,25H,3-12H2,1-2H3,(H,20,26)(H,23,24). The number of nitrogens with zero attached hydrogens (tertiary/aromatic N) is 1. The van der Waals surface area contributed by atoms with Crippen LogP contribution >= 0.6 is 0 Å². The van der Waals surface area contributed by atoms with Crippen molar-refractivity contribution in [2.24, 2.45) is 11.3 Å². The number of aliphatic hydroxyl groups is 1. The molecule has 1 fully saturated rings. The second-order valence-electron chi connectivity index (χ2n) is 8.37. The summed E-state index contributed by atoms with van der Waals surface area (Å²) in [6.07, 6.45) is 5.92. The number of aliphatic carboxylic acids is 1. The zero-order valence-corrected chi connectivity index (χ0v) is 15.8. The summed E-state index contributed by atoms with van der Waals surface area (Å²) in [6.45, 7) is 4.78. The van der Waals surface area contributed by atoms with Crippen molar-refractivity contribution in [1.82, 2.24) is 9.55 Å². The van der Waals surface area contributed by atoms with Gasteiger partial charge in [-0.2, -0.15) is 0 Å². The van der Waals surface area contributed by atoms with Crippen LogP contribution in [0.3, 0.4) is 0 Å². The SMILES string of the molecule is CC1(C)CC(C(O)CCn2c(CCCCCCC(=O)O)c(O)[nH]c2=O)C1. The van der Waals surface area contributed by atoms with Crippen LogP contribution in [0.1, 0.15) is 70.9 Å². The van der Waals surface area contributed by atoms with Gasteiger partial charge in [0.25, 0.3) is 0 Å². The Labute approximate surface area is 154 Å². The third kappa shape index (κ3) is 5.62. The number of nitrogens with one attached hydrogen (secondary N) is 1. The lowest BCUT2D eigenvalue weighted by molar-refractivity contribution is -0.137. The van der Waals surface area contributed by atoms with Gasteiger partial charge in [0.15, 0.2) is 0 Å². The second-order valence-corrected chi connectivity index (χ2v) is 8.37. The molecule has 0 radical (unpaired) electrons. The topological polar surface area (TPSA) is 116 Å². The molecule has 1 aromatic heterocycles. The van der Waals surface area contributed by atoms with Gasteiger partial charge in [-0.25, -0.2) is 4.79 Å². The lowest BCUT2D eigenvalue weighted by Crippen LogP contribution is -2.39. The van der Waals surface area contributed by atoms with Crippen LogP contribution in [-0.2, 0) is 17.8 Å². The lowest BCUT2D eigenvalue weighted by atomic mass is 9.62. The summed E-state index contributed by atoms with van der Waals surface area (Å²) < 4.78 is 1.53. The zero-order chi connectivity index (χ0) is 19.3. The molecule has 4 N–H and O–H groups in total. The molecule has 0 aromatic carbocycles. The molecular formula is C19H32N2O5. The highest BCUT2D eigenvalue weighted by Crippen LogP contribution is 2.46. The molecule has 1 heterocycles. The van der Waals surface area contributed by atoms with Crippen molar-refractivity contribution in [1.29, 1.82) is 0 Å². The van der Waals surface area contributed by atoms with Crippen molar-refractivity contribution >= 4 is 5.97 Å². The van der Waals surface area contributed by atoms with Crippen LogP contribution in [-0.4, -0.2) is 36.9 Å². The summed E-state index contributed by atoms with van der Waals surface area (Å²) in [6, 6.07) is 0. The Morgan fingerprint density at radius 2 is 1.92 bits per heavy atom. The fourth-order valence-electron chi connectivity index (χ4n) is 4.03. The van der Waals surface area contributed by atoms with Gasteiger partial charge >= 0.3 is 11.7 Å². The number of carbonyl (C=O) groups is 1. The van der Waals surface area contributed by atoms with Crippen molar-refractivity contribution in [3.05, 3.63) is 16.2 Å². The summed E-state index contributed by atoms with van der Waals surface area (Å²) in [5.41, 5.74) is 0.541. The number of H-pyrrole nitrogens is 1. The molecule has 1 atom stereocenters. The van der Waals surface area contributed by atoms with Gasteiger partial charge in [-0.15, -0.1) is 0 Å². The fourth-order valence-corrected chi connectivity index (χ4v) is 4.03. The number of aliphatic hydroxyl groups excluding tert-OH is 1. The van der Waals surface area contributed by atoms with Crippen molar-refractivity contribution in [3.63, 3.8) is 0 Å². The minimum absolute atomic E-state index is 0.0974. The molecule has 1 aromatic rings. The van der Waals surface area contributed by atoms with E-state index < -0.39 is 12.1 Å². The first-order valence-corrected chi connectivity index (χ1v) is 9.60. The number of aromatic amines is 1. The number of imidazole rings is 1. The molecule has 0 saturated heterocycles. The summed E-state index contributed by atoms with van der Waals surface area (Å²) >= 11 is 0. The van der Waals surface area contributed by atoms with E-state index >= 15 is 0 Å². The average molecular weight is 368 g/mol. The highest BCUT2D eigenvalue weighted by atomic mass is 16.4. The van der Waals surface area contributed by atoms with Gasteiger partial charge in [0, 0.05) is 13.0 Å². The fraction of sp³-hybridized carbons (Fsp3) is 0.789. The number of carboxylic acid groups (broad SMARTS) is 1. The van der Waals surface area contributed by atoms with Crippen LogP contribution in [0, 0.1) is 11.3 Å². The number of aromatic hydroxyl groups is 1. The van der Waals surface area contributed by atoms with E-state index in [1.807, 2.05) is 0 Å². The maximum atomic E-state index is 12.0. The van der Waals surface area contributed by atoms with Crippen LogP contribution < -0.4 is 5.69 Å². The third-order valence-corrected chi connectivity index (χ3v) is 5.45. The van der Waals surface area contributed by atoms with E-state index in [1.165, 1.54) is 4.57 Å². The maximum Gasteiger partial charge on any atom is 0.328 e. The van der Waals surface area contributed by atoms with Crippen LogP contribution in [0.15, 0.2) is 4.79 Å². The Morgan fingerprint density at radius 1 is 1.27 bits per heavy atom. The lowest BCUT2D eigenvalue weighted by Gasteiger charge is -2.45. The van der Waals surface area contributed by atoms with Crippen molar-refractivity contribution < 1.29 is 20.1 Å². The van der Waals surface area contributed by atoms with Gasteiger partial charge in [0.2, 0.25) is 5.88 Å². The van der Waals surface area contributed by atoms with Crippen LogP contribution in [0.4, 0.5) is 0 Å². The normalized spacial score (nSPS) is 17.8. The Bertz CT molecular complexity index is 653. The Balaban J connectivity index is 1.81. The molecule has 0 bridgehead atoms. The van der Waals surface area contributed by atoms with E-state index in [1.54, 1.807) is 0 Å². The highest BCUT2D eigenvalue weighted by molar-refractivity contribution is 5.66. The van der Waals surface area contributed by atoms with Gasteiger partial charge in [0.05, 0.1) is 11.8 Å². The second kappa shape index (κ2) is 8.75. The summed E-state index contributed by atoms with van der Waals surface area (Å²) in [4.78, 5) is 25.0. The molecule has 1 saturated carbocycles. The minimum Gasteiger partial charge on any atom is -0.493 e. The van der Waals surface area contributed by atoms with Crippen LogP contribution in [0.25, 0.3) is 0 Å². The molecule has 0 amide bonds. The van der Waals surface area contributed by atoms with Crippen LogP contribution in [0.5, 0.6) is 5.88 Å². The zero-order valence-electron chi connectivity index (χ0n) is 15.8. The summed E-state index contributed by atoms with van der Waals surface area (Å²) in [5, 5.41) is 28.9. The van der Waals surface area contributed by atoms with E-state index in [4.69, 9.17) is 5.11 Å². The number of hydrogen-bond acceptors (Lipinski definition) is 4. The van der Waals surface area contributed by atoms with Gasteiger partial charge in [-0.05, 0) is 49.9 Å². The predicted molar refractivity (Wildman–Crippen MR) is 98.3 cm³/mol. The average Bonchev–Trinajstić information content (AvgIpc) is 2.79. The summed E-state index contributed by atoms with van der Waals surface area (Å²) in [7, 11) is 0. The first-order chi connectivity index (χ1) is 12.2. The molecule has 148 valence electrons. The van der Waals surface area contributed by atoms with Crippen molar-refractivity contribution in [2.45, 2.75) is 84.3 Å². The Kier molecular flexibility index (Phi) is 6.92. The Morgan fingerprint density at radius 3 is 2.54 bits per heavy atom. The number of unbranched alkanes of at least 4 members (excludes halogenated alkanes) is 3. The molecule has 2 rings (SSSR count). The van der Waals surface area contributed by atoms with Crippen molar-refractivity contribution in [3.8, 4) is 5.88 Å². The molecule has 1 unspecified atom stereocenters. The quantitative estimate of drug-likeness (QED) is 0.448. The third-order valence-electron chi connectivity index (χ3n) is 5.45. The summed E-state index contributed by atoms with van der Waals surface area (Å²) in [5.74, 6) is -0.582. The smallest absolute Gasteiger partial charge is 0.328 e. The molecule has 7 heteroatoms. The predicted octanol–water partition coefficient (Wildman–Crippen LogP) is 2.65. The molecule has 7 nitrogen and oxygen atoms in total. The van der Waals surface area contributed by atoms with E-state index in [2.05, 4.69) is 18.8 Å². The number of carboxylic acids is 1. The largest absolute Gasteiger partial charge is 0.493 e. The Hall–Kier alpha value is -1.76. The molecule has 1 aliphatic carbocycles. The molecule has 0 aliphatic heterocycles. The highest BCUT2D eigenvalue weighted by Gasteiger charge is 2.39. The van der Waals surface area contributed by atoms with E-state index in [9.17, 15) is 19.8 Å². The minimum atomic E-state index is -0.782. The maximum absolute atomic E-state index is 12.0. The molecule has 26 heavy (non-hydrogen) atoms. The first kappa shape index (κ1) is 20.6. The van der Waals surface area contributed by atoms with Gasteiger partial charge in [-0.3, -0.25) is 14.3 Å². The van der Waals surface area contributed by atoms with Crippen LogP contribution in [0.2, 0.25) is 0 Å². The van der Waals surface area contributed by atoms with Gasteiger partial charge < -0.3 is 15.3 Å². The van der Waals surface area contributed by atoms with Gasteiger partial charge in [-0.1, -0.05) is 26.7 Å². The molecule has 0 spiro atoms. The van der Waals surface area contributed by atoms with E-state index in [-0.39, 0.29) is 18.0 Å². The van der Waals surface area contributed by atoms with Crippen molar-refractivity contribution in [2.75, 3.05) is 0 Å². The van der Waals surface area contributed by atoms with Gasteiger partial charge in [0.1, 0.15) is 0 Å². The number of hydrogen-bond donors (Lipinski definition) is 4. The molecule has 1 aliphatic rings. The molecular weight excluding hydrogens is 336 g/mol. The number of rotatable bonds is 11. The number of aromatic nitrogens is 2. The monoisotopic (exact) mass is 368 g/mol.